The standard InChI is InChI=1S/C11H8ClNOS/c1-7(14)11-13-10(6-15-11)8-3-2-4-9(12)5-8/h2-6H,1H3. The van der Waals surface area contributed by atoms with Crippen molar-refractivity contribution in [3.05, 3.63) is 39.7 Å². The van der Waals surface area contributed by atoms with Crippen LogP contribution >= 0.6 is 22.9 Å². The molecule has 0 spiro atoms. The van der Waals surface area contributed by atoms with Gasteiger partial charge in [0.25, 0.3) is 0 Å². The minimum absolute atomic E-state index is 0.00622. The lowest BCUT2D eigenvalue weighted by atomic mass is 10.2. The summed E-state index contributed by atoms with van der Waals surface area (Å²) in [5, 5.41) is 3.07. The number of carbonyl (C=O) groups excluding carboxylic acids is 1. The van der Waals surface area contributed by atoms with Gasteiger partial charge < -0.3 is 0 Å². The summed E-state index contributed by atoms with van der Waals surface area (Å²) >= 11 is 7.23. The molecule has 0 aliphatic rings. The Morgan fingerprint density at radius 2 is 2.27 bits per heavy atom. The van der Waals surface area contributed by atoms with E-state index >= 15 is 0 Å². The molecule has 4 heteroatoms. The molecular formula is C11H8ClNOS. The molecule has 0 fully saturated rings. The van der Waals surface area contributed by atoms with Crippen molar-refractivity contribution in [2.75, 3.05) is 0 Å². The van der Waals surface area contributed by atoms with Gasteiger partial charge in [-0.3, -0.25) is 4.79 Å². The maximum absolute atomic E-state index is 11.1. The van der Waals surface area contributed by atoms with Crippen LogP contribution in [0.2, 0.25) is 5.02 Å². The van der Waals surface area contributed by atoms with Crippen LogP contribution in [-0.2, 0) is 0 Å². The van der Waals surface area contributed by atoms with E-state index in [4.69, 9.17) is 11.6 Å². The van der Waals surface area contributed by atoms with E-state index in [0.29, 0.717) is 10.0 Å². The summed E-state index contributed by atoms with van der Waals surface area (Å²) in [6, 6.07) is 7.43. The van der Waals surface area contributed by atoms with Gasteiger partial charge in [0.1, 0.15) is 0 Å². The third kappa shape index (κ3) is 2.25. The molecule has 2 aromatic rings. The number of halogens is 1. The molecule has 0 unspecified atom stereocenters. The molecule has 0 saturated carbocycles. The Balaban J connectivity index is 2.41. The van der Waals surface area contributed by atoms with E-state index in [0.717, 1.165) is 11.3 Å². The van der Waals surface area contributed by atoms with Gasteiger partial charge in [0.2, 0.25) is 0 Å². The highest BCUT2D eigenvalue weighted by Gasteiger charge is 2.07. The van der Waals surface area contributed by atoms with Gasteiger partial charge in [-0.05, 0) is 12.1 Å². The summed E-state index contributed by atoms with van der Waals surface area (Å²) in [4.78, 5) is 15.3. The Morgan fingerprint density at radius 1 is 1.47 bits per heavy atom. The van der Waals surface area contributed by atoms with Crippen LogP contribution in [0.3, 0.4) is 0 Å². The Hall–Kier alpha value is -1.19. The first-order valence-electron chi connectivity index (χ1n) is 4.39. The van der Waals surface area contributed by atoms with E-state index < -0.39 is 0 Å². The van der Waals surface area contributed by atoms with Crippen LogP contribution in [0.25, 0.3) is 11.3 Å². The summed E-state index contributed by atoms with van der Waals surface area (Å²) < 4.78 is 0. The largest absolute Gasteiger partial charge is 0.292 e. The van der Waals surface area contributed by atoms with E-state index in [2.05, 4.69) is 4.98 Å². The van der Waals surface area contributed by atoms with Crippen molar-refractivity contribution in [2.24, 2.45) is 0 Å². The second kappa shape index (κ2) is 4.13. The van der Waals surface area contributed by atoms with Crippen molar-refractivity contribution in [1.82, 2.24) is 4.98 Å². The number of nitrogens with zero attached hydrogens (tertiary/aromatic N) is 1. The van der Waals surface area contributed by atoms with Crippen molar-refractivity contribution in [3.8, 4) is 11.3 Å². The Labute approximate surface area is 96.5 Å². The predicted octanol–water partition coefficient (Wildman–Crippen LogP) is 3.67. The van der Waals surface area contributed by atoms with E-state index in [1.54, 1.807) is 0 Å². The Bertz CT molecular complexity index is 507. The maximum Gasteiger partial charge on any atom is 0.188 e. The van der Waals surface area contributed by atoms with Crippen LogP contribution in [0.4, 0.5) is 0 Å². The molecule has 1 aromatic heterocycles. The zero-order valence-corrected chi connectivity index (χ0v) is 9.60. The van der Waals surface area contributed by atoms with Crippen LogP contribution in [0.1, 0.15) is 16.7 Å². The summed E-state index contributed by atoms with van der Waals surface area (Å²) in [5.74, 6) is -0.00622. The van der Waals surface area contributed by atoms with Crippen molar-refractivity contribution >= 4 is 28.7 Å². The number of hydrogen-bond donors (Lipinski definition) is 0. The normalized spacial score (nSPS) is 10.3. The number of thiazole rings is 1. The molecule has 0 atom stereocenters. The molecule has 2 rings (SSSR count). The van der Waals surface area contributed by atoms with E-state index in [9.17, 15) is 4.79 Å². The molecule has 76 valence electrons. The molecule has 0 saturated heterocycles. The third-order valence-corrected chi connectivity index (χ3v) is 3.10. The Kier molecular flexibility index (Phi) is 2.84. The van der Waals surface area contributed by atoms with Crippen molar-refractivity contribution in [3.63, 3.8) is 0 Å². The topological polar surface area (TPSA) is 30.0 Å². The minimum atomic E-state index is -0.00622. The molecule has 0 radical (unpaired) electrons. The fourth-order valence-corrected chi connectivity index (χ4v) is 2.14. The summed E-state index contributed by atoms with van der Waals surface area (Å²) in [7, 11) is 0. The number of carbonyl (C=O) groups is 1. The van der Waals surface area contributed by atoms with E-state index in [1.807, 2.05) is 29.6 Å². The molecule has 0 aliphatic heterocycles. The molecule has 0 amide bonds. The van der Waals surface area contributed by atoms with Crippen LogP contribution in [0, 0.1) is 0 Å². The highest BCUT2D eigenvalue weighted by atomic mass is 35.5. The lowest BCUT2D eigenvalue weighted by Gasteiger charge is -1.96. The molecule has 1 heterocycles. The first-order valence-corrected chi connectivity index (χ1v) is 5.65. The quantitative estimate of drug-likeness (QED) is 0.746. The highest BCUT2D eigenvalue weighted by molar-refractivity contribution is 7.12. The zero-order valence-electron chi connectivity index (χ0n) is 8.03. The number of benzene rings is 1. The fourth-order valence-electron chi connectivity index (χ4n) is 1.22. The summed E-state index contributed by atoms with van der Waals surface area (Å²) in [5.41, 5.74) is 1.74. The van der Waals surface area contributed by atoms with Crippen LogP contribution in [0.15, 0.2) is 29.6 Å². The average molecular weight is 238 g/mol. The average Bonchev–Trinajstić information content (AvgIpc) is 2.66. The molecule has 1 aromatic carbocycles. The summed E-state index contributed by atoms with van der Waals surface area (Å²) in [6.07, 6.45) is 0. The second-order valence-electron chi connectivity index (χ2n) is 3.10. The molecular weight excluding hydrogens is 230 g/mol. The molecule has 0 N–H and O–H groups in total. The second-order valence-corrected chi connectivity index (χ2v) is 4.40. The van der Waals surface area contributed by atoms with Crippen LogP contribution < -0.4 is 0 Å². The Morgan fingerprint density at radius 3 is 2.87 bits per heavy atom. The van der Waals surface area contributed by atoms with E-state index in [1.165, 1.54) is 18.3 Å². The van der Waals surface area contributed by atoms with Gasteiger partial charge in [-0.1, -0.05) is 23.7 Å². The minimum Gasteiger partial charge on any atom is -0.292 e. The number of aromatic nitrogens is 1. The maximum atomic E-state index is 11.1. The molecule has 2 nitrogen and oxygen atoms in total. The molecule has 0 bridgehead atoms. The number of Topliss-reactive ketones (excluding diaryl/α,β-unsaturated/α-hetero) is 1. The first kappa shape index (κ1) is 10.3. The van der Waals surface area contributed by atoms with Crippen molar-refractivity contribution < 1.29 is 4.79 Å². The van der Waals surface area contributed by atoms with Gasteiger partial charge in [0, 0.05) is 22.9 Å². The number of hydrogen-bond acceptors (Lipinski definition) is 3. The van der Waals surface area contributed by atoms with Gasteiger partial charge in [-0.25, -0.2) is 4.98 Å². The fraction of sp³-hybridized carbons (Fsp3) is 0.0909. The van der Waals surface area contributed by atoms with Crippen LogP contribution in [-0.4, -0.2) is 10.8 Å². The lowest BCUT2D eigenvalue weighted by Crippen LogP contribution is -1.89. The predicted molar refractivity (Wildman–Crippen MR) is 62.6 cm³/mol. The molecule has 15 heavy (non-hydrogen) atoms. The van der Waals surface area contributed by atoms with Gasteiger partial charge in [0.05, 0.1) is 5.69 Å². The molecule has 0 aliphatic carbocycles. The van der Waals surface area contributed by atoms with Crippen molar-refractivity contribution in [2.45, 2.75) is 6.92 Å². The van der Waals surface area contributed by atoms with Gasteiger partial charge >= 0.3 is 0 Å². The van der Waals surface area contributed by atoms with Gasteiger partial charge in [0.15, 0.2) is 10.8 Å². The summed E-state index contributed by atoms with van der Waals surface area (Å²) in [6.45, 7) is 1.51. The number of ketones is 1. The SMILES string of the molecule is CC(=O)c1nc(-c2cccc(Cl)c2)cs1. The monoisotopic (exact) mass is 237 g/mol. The van der Waals surface area contributed by atoms with Crippen molar-refractivity contribution in [1.29, 1.82) is 0 Å². The third-order valence-electron chi connectivity index (χ3n) is 1.93. The first-order chi connectivity index (χ1) is 7.16. The van der Waals surface area contributed by atoms with Gasteiger partial charge in [-0.2, -0.15) is 0 Å². The van der Waals surface area contributed by atoms with Gasteiger partial charge in [-0.15, -0.1) is 11.3 Å². The lowest BCUT2D eigenvalue weighted by molar-refractivity contribution is 0.101. The zero-order chi connectivity index (χ0) is 10.8. The van der Waals surface area contributed by atoms with Crippen LogP contribution in [0.5, 0.6) is 0 Å². The highest BCUT2D eigenvalue weighted by Crippen LogP contribution is 2.24. The van der Waals surface area contributed by atoms with E-state index in [-0.39, 0.29) is 5.78 Å². The number of rotatable bonds is 2. The smallest absolute Gasteiger partial charge is 0.188 e.